The van der Waals surface area contributed by atoms with E-state index in [2.05, 4.69) is 32.6 Å². The maximum atomic E-state index is 12.8. The number of carbonyl (C=O) groups is 1. The second kappa shape index (κ2) is 7.73. The fourth-order valence-electron chi connectivity index (χ4n) is 3.65. The Morgan fingerprint density at radius 1 is 1.30 bits per heavy atom. The quantitative estimate of drug-likeness (QED) is 0.727. The number of aromatic nitrogens is 4. The number of carbonyl (C=O) groups excluding carboxylic acids is 1. The fraction of sp³-hybridized carbons (Fsp3) is 0.400. The van der Waals surface area contributed by atoms with Gasteiger partial charge in [0, 0.05) is 31.2 Å². The Bertz CT molecular complexity index is 923. The smallest absolute Gasteiger partial charge is 0.256 e. The number of pyridine rings is 1. The molecule has 27 heavy (non-hydrogen) atoms. The van der Waals surface area contributed by atoms with E-state index < -0.39 is 0 Å². The average Bonchev–Trinajstić information content (AvgIpc) is 3.10. The molecule has 4 rings (SSSR count). The van der Waals surface area contributed by atoms with Crippen LogP contribution in [-0.2, 0) is 6.54 Å². The van der Waals surface area contributed by atoms with Crippen molar-refractivity contribution in [3.05, 3.63) is 54.1 Å². The molecule has 1 saturated carbocycles. The summed E-state index contributed by atoms with van der Waals surface area (Å²) in [5.74, 6) is 1.27. The normalized spacial score (nSPS) is 19.7. The van der Waals surface area contributed by atoms with Crippen molar-refractivity contribution in [3.8, 4) is 0 Å². The molecule has 3 heterocycles. The first-order valence-electron chi connectivity index (χ1n) is 9.47. The zero-order chi connectivity index (χ0) is 18.6. The molecule has 2 unspecified atom stereocenters. The fourth-order valence-corrected chi connectivity index (χ4v) is 3.65. The van der Waals surface area contributed by atoms with E-state index in [4.69, 9.17) is 0 Å². The minimum atomic E-state index is -0.0963. The average molecular weight is 364 g/mol. The highest BCUT2D eigenvalue weighted by Gasteiger charge is 2.23. The summed E-state index contributed by atoms with van der Waals surface area (Å²) in [5, 5.41) is 10.7. The molecule has 0 saturated heterocycles. The van der Waals surface area contributed by atoms with E-state index in [9.17, 15) is 4.79 Å². The third-order valence-electron chi connectivity index (χ3n) is 5.08. The van der Waals surface area contributed by atoms with Crippen LogP contribution in [0.1, 0.15) is 48.5 Å². The van der Waals surface area contributed by atoms with Gasteiger partial charge in [0.15, 0.2) is 5.65 Å². The van der Waals surface area contributed by atoms with Gasteiger partial charge in [-0.1, -0.05) is 25.8 Å². The Hall–Kier alpha value is -2.96. The molecule has 0 aliphatic heterocycles. The van der Waals surface area contributed by atoms with Gasteiger partial charge in [-0.25, -0.2) is 9.50 Å². The molecular weight excluding hydrogens is 340 g/mol. The van der Waals surface area contributed by atoms with E-state index in [1.807, 2.05) is 30.6 Å². The van der Waals surface area contributed by atoms with Crippen LogP contribution in [0.25, 0.3) is 5.65 Å². The van der Waals surface area contributed by atoms with E-state index in [0.29, 0.717) is 29.5 Å². The second-order valence-corrected chi connectivity index (χ2v) is 7.30. The van der Waals surface area contributed by atoms with Gasteiger partial charge in [-0.05, 0) is 36.5 Å². The summed E-state index contributed by atoms with van der Waals surface area (Å²) in [6.07, 6.45) is 11.5. The van der Waals surface area contributed by atoms with Crippen molar-refractivity contribution in [1.82, 2.24) is 24.9 Å². The second-order valence-electron chi connectivity index (χ2n) is 7.30. The molecule has 7 nitrogen and oxygen atoms in total. The first-order chi connectivity index (χ1) is 13.2. The van der Waals surface area contributed by atoms with Crippen molar-refractivity contribution < 1.29 is 4.79 Å². The van der Waals surface area contributed by atoms with Gasteiger partial charge in [-0.15, -0.1) is 0 Å². The van der Waals surface area contributed by atoms with E-state index >= 15 is 0 Å². The summed E-state index contributed by atoms with van der Waals surface area (Å²) in [6.45, 7) is 2.86. The molecule has 2 N–H and O–H groups in total. The van der Waals surface area contributed by atoms with Gasteiger partial charge in [0.25, 0.3) is 5.91 Å². The van der Waals surface area contributed by atoms with Crippen molar-refractivity contribution in [3.63, 3.8) is 0 Å². The van der Waals surface area contributed by atoms with Gasteiger partial charge >= 0.3 is 0 Å². The Balaban J connectivity index is 1.48. The topological polar surface area (TPSA) is 84.2 Å². The number of nitrogens with zero attached hydrogens (tertiary/aromatic N) is 4. The monoisotopic (exact) mass is 364 g/mol. The van der Waals surface area contributed by atoms with E-state index in [1.165, 1.54) is 12.8 Å². The molecule has 1 amide bonds. The number of amides is 1. The lowest BCUT2D eigenvalue weighted by atomic mass is 9.87. The van der Waals surface area contributed by atoms with Crippen LogP contribution in [0.3, 0.4) is 0 Å². The van der Waals surface area contributed by atoms with E-state index in [0.717, 1.165) is 18.4 Å². The van der Waals surface area contributed by atoms with Crippen molar-refractivity contribution in [2.45, 2.75) is 45.2 Å². The Labute approximate surface area is 158 Å². The Morgan fingerprint density at radius 3 is 3.04 bits per heavy atom. The van der Waals surface area contributed by atoms with E-state index in [-0.39, 0.29) is 11.9 Å². The molecule has 0 aromatic carbocycles. The summed E-state index contributed by atoms with van der Waals surface area (Å²) in [5.41, 5.74) is 2.14. The van der Waals surface area contributed by atoms with Crippen molar-refractivity contribution in [1.29, 1.82) is 0 Å². The predicted molar refractivity (Wildman–Crippen MR) is 103 cm³/mol. The predicted octanol–water partition coefficient (Wildman–Crippen LogP) is 3.04. The van der Waals surface area contributed by atoms with Crippen LogP contribution in [0.4, 0.5) is 5.82 Å². The van der Waals surface area contributed by atoms with Crippen molar-refractivity contribution >= 4 is 17.4 Å². The first-order valence-corrected chi connectivity index (χ1v) is 9.47. The SMILES string of the molecule is CC1CCCC(NC(=O)c2cnn3ccc(NCc4cccnc4)nc23)C1. The number of anilines is 1. The zero-order valence-corrected chi connectivity index (χ0v) is 15.4. The molecule has 1 aliphatic carbocycles. The number of hydrogen-bond acceptors (Lipinski definition) is 5. The van der Waals surface area contributed by atoms with Crippen LogP contribution >= 0.6 is 0 Å². The molecule has 3 aromatic heterocycles. The highest BCUT2D eigenvalue weighted by atomic mass is 16.1. The molecule has 0 bridgehead atoms. The molecule has 2 atom stereocenters. The first kappa shape index (κ1) is 17.5. The van der Waals surface area contributed by atoms with Gasteiger partial charge in [-0.2, -0.15) is 5.10 Å². The lowest BCUT2D eigenvalue weighted by Crippen LogP contribution is -2.38. The molecule has 1 fully saturated rings. The minimum Gasteiger partial charge on any atom is -0.366 e. The molecule has 7 heteroatoms. The molecule has 0 radical (unpaired) electrons. The Morgan fingerprint density at radius 2 is 2.22 bits per heavy atom. The third kappa shape index (κ3) is 4.07. The number of hydrogen-bond donors (Lipinski definition) is 2. The highest BCUT2D eigenvalue weighted by molar-refractivity contribution is 5.99. The van der Waals surface area contributed by atoms with Crippen LogP contribution in [0, 0.1) is 5.92 Å². The highest BCUT2D eigenvalue weighted by Crippen LogP contribution is 2.24. The molecule has 1 aliphatic rings. The van der Waals surface area contributed by atoms with Gasteiger partial charge in [0.1, 0.15) is 11.4 Å². The van der Waals surface area contributed by atoms with Crippen LogP contribution < -0.4 is 10.6 Å². The van der Waals surface area contributed by atoms with Crippen LogP contribution in [0.15, 0.2) is 43.0 Å². The summed E-state index contributed by atoms with van der Waals surface area (Å²) >= 11 is 0. The molecule has 0 spiro atoms. The van der Waals surface area contributed by atoms with Gasteiger partial charge in [0.2, 0.25) is 0 Å². The lowest BCUT2D eigenvalue weighted by molar-refractivity contribution is 0.0923. The standard InChI is InChI=1S/C20H24N6O/c1-14-4-2-6-16(10-14)24-20(27)17-13-23-26-9-7-18(25-19(17)26)22-12-15-5-3-8-21-11-15/h3,5,7-9,11,13-14,16H,2,4,6,10,12H2,1H3,(H,22,25)(H,24,27). The summed E-state index contributed by atoms with van der Waals surface area (Å²) < 4.78 is 1.63. The van der Waals surface area contributed by atoms with Crippen LogP contribution in [0.5, 0.6) is 0 Å². The third-order valence-corrected chi connectivity index (χ3v) is 5.08. The maximum Gasteiger partial charge on any atom is 0.256 e. The zero-order valence-electron chi connectivity index (χ0n) is 15.4. The number of nitrogens with one attached hydrogen (secondary N) is 2. The van der Waals surface area contributed by atoms with Gasteiger partial charge < -0.3 is 10.6 Å². The Kier molecular flexibility index (Phi) is 5.00. The lowest BCUT2D eigenvalue weighted by Gasteiger charge is -2.27. The largest absolute Gasteiger partial charge is 0.366 e. The summed E-state index contributed by atoms with van der Waals surface area (Å²) in [7, 11) is 0. The number of fused-ring (bicyclic) bond motifs is 1. The number of rotatable bonds is 5. The van der Waals surface area contributed by atoms with Crippen molar-refractivity contribution in [2.24, 2.45) is 5.92 Å². The van der Waals surface area contributed by atoms with E-state index in [1.54, 1.807) is 16.9 Å². The maximum absolute atomic E-state index is 12.8. The summed E-state index contributed by atoms with van der Waals surface area (Å²) in [4.78, 5) is 21.4. The molecular formula is C20H24N6O. The van der Waals surface area contributed by atoms with Gasteiger partial charge in [-0.3, -0.25) is 9.78 Å². The van der Waals surface area contributed by atoms with Crippen LogP contribution in [-0.4, -0.2) is 31.5 Å². The van der Waals surface area contributed by atoms with Crippen LogP contribution in [0.2, 0.25) is 0 Å². The summed E-state index contributed by atoms with van der Waals surface area (Å²) in [6, 6.07) is 5.99. The van der Waals surface area contributed by atoms with Gasteiger partial charge in [0.05, 0.1) is 6.20 Å². The molecule has 140 valence electrons. The molecule has 3 aromatic rings. The van der Waals surface area contributed by atoms with Crippen molar-refractivity contribution in [2.75, 3.05) is 5.32 Å². The minimum absolute atomic E-state index is 0.0963.